The zero-order chi connectivity index (χ0) is 53.1. The second-order valence-electron chi connectivity index (χ2n) is 21.3. The van der Waals surface area contributed by atoms with Crippen LogP contribution < -0.4 is 15.4 Å². The molecule has 0 aromatic heterocycles. The van der Waals surface area contributed by atoms with E-state index in [2.05, 4.69) is 15.4 Å². The van der Waals surface area contributed by atoms with Crippen LogP contribution in [0.3, 0.4) is 0 Å². The van der Waals surface area contributed by atoms with Gasteiger partial charge in [0.25, 0.3) is 0 Å². The Bertz CT molecular complexity index is 1950. The van der Waals surface area contributed by atoms with Crippen molar-refractivity contribution in [2.24, 2.45) is 23.7 Å². The van der Waals surface area contributed by atoms with E-state index in [4.69, 9.17) is 28.4 Å². The molecule has 3 aliphatic heterocycles. The minimum Gasteiger partial charge on any atom is -0.459 e. The van der Waals surface area contributed by atoms with E-state index in [0.29, 0.717) is 6.54 Å². The van der Waals surface area contributed by atoms with Crippen molar-refractivity contribution < 1.29 is 80.3 Å². The summed E-state index contributed by atoms with van der Waals surface area (Å²) in [6.45, 7) is 21.4. The maximum absolute atomic E-state index is 14.5. The van der Waals surface area contributed by atoms with Crippen molar-refractivity contribution >= 4 is 21.9 Å². The van der Waals surface area contributed by atoms with Crippen LogP contribution in [0.5, 0.6) is 0 Å². The molecular formula is C48H83F3N4O14S. The van der Waals surface area contributed by atoms with Crippen LogP contribution in [-0.2, 0) is 49.6 Å². The van der Waals surface area contributed by atoms with Gasteiger partial charge in [0.15, 0.2) is 12.6 Å². The molecule has 0 unspecified atom stereocenters. The fraction of sp³-hybridized carbons (Fsp3) is 0.854. The van der Waals surface area contributed by atoms with Gasteiger partial charge in [-0.2, -0.15) is 25.9 Å². The van der Waals surface area contributed by atoms with Gasteiger partial charge in [0.2, 0.25) is 0 Å². The molecule has 0 spiro atoms. The smallest absolute Gasteiger partial charge is 0.416 e. The standard InChI is InChI=1S/C48H83F3N4O14S/c1-15-36-46(12,60)40(57)31(8)53-24-27(4)21-44(10,59)41(69-43-38(56)35(20-28(5)65-43)55(13)70(62,63)54-34-18-16-33(17-19-34)48(49,50)51)29(6)39(30(7)42(58)67-36)68-37-22-45(11,64-14)47(61,32(9)66-37)25-52-23-26(2)3/h16-19,26-32,35-41,43,52-54,56-57,59-61H,15,20-25H2,1-14H3/t27-,28-,29+,30-,31-,32+,35+,36-,37+,38-,39+,40-,41-,43+,44-,45-,46-,47+/m1/s1. The number of anilines is 1. The Morgan fingerprint density at radius 2 is 1.59 bits per heavy atom. The second-order valence-corrected chi connectivity index (χ2v) is 23.0. The first-order chi connectivity index (χ1) is 32.1. The average Bonchev–Trinajstić information content (AvgIpc) is 3.26. The van der Waals surface area contributed by atoms with Crippen molar-refractivity contribution in [2.45, 2.75) is 205 Å². The summed E-state index contributed by atoms with van der Waals surface area (Å²) in [6, 6.07) is 1.48. The molecule has 18 atom stereocenters. The highest BCUT2D eigenvalue weighted by Crippen LogP contribution is 2.43. The van der Waals surface area contributed by atoms with Crippen LogP contribution in [0.2, 0.25) is 0 Å². The molecule has 1 aromatic carbocycles. The number of methoxy groups -OCH3 is 1. The fourth-order valence-corrected chi connectivity index (χ4v) is 11.4. The molecule has 1 aromatic rings. The Hall–Kier alpha value is -2.29. The third-order valence-corrected chi connectivity index (χ3v) is 16.3. The van der Waals surface area contributed by atoms with E-state index in [1.807, 2.05) is 20.8 Å². The number of ether oxygens (including phenoxy) is 6. The molecular weight excluding hydrogens is 946 g/mol. The summed E-state index contributed by atoms with van der Waals surface area (Å²) in [4.78, 5) is 14.5. The summed E-state index contributed by atoms with van der Waals surface area (Å²) in [5.41, 5.74) is -7.72. The van der Waals surface area contributed by atoms with Crippen LogP contribution >= 0.6 is 0 Å². The van der Waals surface area contributed by atoms with Crippen molar-refractivity contribution in [3.63, 3.8) is 0 Å². The van der Waals surface area contributed by atoms with Gasteiger partial charge < -0.3 is 64.6 Å². The predicted octanol–water partition coefficient (Wildman–Crippen LogP) is 3.92. The topological polar surface area (TPSA) is 247 Å². The first kappa shape index (κ1) is 60.3. The van der Waals surface area contributed by atoms with Crippen LogP contribution in [0, 0.1) is 23.7 Å². The van der Waals surface area contributed by atoms with Crippen LogP contribution in [0.25, 0.3) is 0 Å². The number of carbonyl (C=O) groups excluding carboxylic acids is 1. The number of aliphatic hydroxyl groups is 5. The van der Waals surface area contributed by atoms with Crippen LogP contribution in [0.4, 0.5) is 18.9 Å². The van der Waals surface area contributed by atoms with Gasteiger partial charge in [-0.1, -0.05) is 34.6 Å². The number of benzene rings is 1. The van der Waals surface area contributed by atoms with Crippen LogP contribution in [0.15, 0.2) is 24.3 Å². The van der Waals surface area contributed by atoms with Gasteiger partial charge in [-0.25, -0.2) is 0 Å². The number of aliphatic hydroxyl groups excluding tert-OH is 2. The lowest BCUT2D eigenvalue weighted by Gasteiger charge is -2.53. The molecule has 0 saturated carbocycles. The first-order valence-corrected chi connectivity index (χ1v) is 25.9. The van der Waals surface area contributed by atoms with Gasteiger partial charge in [0, 0.05) is 44.8 Å². The van der Waals surface area contributed by atoms with Gasteiger partial charge in [-0.3, -0.25) is 9.52 Å². The molecule has 3 aliphatic rings. The zero-order valence-corrected chi connectivity index (χ0v) is 44.1. The average molecular weight is 1030 g/mol. The second kappa shape index (κ2) is 23.5. The van der Waals surface area contributed by atoms with Crippen molar-refractivity contribution in [3.8, 4) is 0 Å². The molecule has 0 radical (unpaired) electrons. The molecule has 22 heteroatoms. The van der Waals surface area contributed by atoms with Crippen LogP contribution in [0.1, 0.15) is 114 Å². The van der Waals surface area contributed by atoms with E-state index >= 15 is 0 Å². The Kier molecular flexibility index (Phi) is 20.2. The Morgan fingerprint density at radius 3 is 2.14 bits per heavy atom. The molecule has 70 heavy (non-hydrogen) atoms. The van der Waals surface area contributed by atoms with Crippen molar-refractivity contribution in [3.05, 3.63) is 29.8 Å². The normalized spacial score (nSPS) is 41.2. The molecule has 3 heterocycles. The SMILES string of the molecule is CC[C@H]1OC(=O)[C@H](C)[C@@H](O[C@H]2C[C@@](C)(OC)[C@](O)(CNCC(C)C)[C@H](C)O2)[C@H](C)[C@@H](O[C@@H]2O[C@H](C)C[C@H](N(C)S(=O)(=O)Nc3ccc(C(F)(F)F)cc3)[C@H]2O)[C@](C)(O)C[C@@H](C)CN[C@H](C)[C@@H](O)[C@]1(C)O. The maximum Gasteiger partial charge on any atom is 0.416 e. The molecule has 0 amide bonds. The monoisotopic (exact) mass is 1030 g/mol. The summed E-state index contributed by atoms with van der Waals surface area (Å²) in [6.07, 6.45) is -16.0. The molecule has 8 N–H and O–H groups in total. The van der Waals surface area contributed by atoms with E-state index in [0.717, 1.165) is 28.6 Å². The Morgan fingerprint density at radius 1 is 0.971 bits per heavy atom. The molecule has 406 valence electrons. The molecule has 0 aliphatic carbocycles. The number of rotatable bonds is 14. The molecule has 4 rings (SSSR count). The van der Waals surface area contributed by atoms with E-state index in [1.165, 1.54) is 28.0 Å². The van der Waals surface area contributed by atoms with Gasteiger partial charge >= 0.3 is 22.4 Å². The lowest BCUT2D eigenvalue weighted by Crippen LogP contribution is -2.70. The zero-order valence-electron chi connectivity index (χ0n) is 43.3. The molecule has 3 fully saturated rings. The van der Waals surface area contributed by atoms with Crippen molar-refractivity contribution in [2.75, 3.05) is 38.5 Å². The number of cyclic esters (lactones) is 1. The summed E-state index contributed by atoms with van der Waals surface area (Å²) < 4.78 is 109. The predicted molar refractivity (Wildman–Crippen MR) is 254 cm³/mol. The van der Waals surface area contributed by atoms with Gasteiger partial charge in [-0.15, -0.1) is 0 Å². The third-order valence-electron chi connectivity index (χ3n) is 14.8. The number of halogens is 3. The van der Waals surface area contributed by atoms with Gasteiger partial charge in [-0.05, 0) is 117 Å². The van der Waals surface area contributed by atoms with Gasteiger partial charge in [0.1, 0.15) is 35.1 Å². The molecule has 0 bridgehead atoms. The number of nitrogens with one attached hydrogen (secondary N) is 3. The molecule has 18 nitrogen and oxygen atoms in total. The number of likely N-dealkylation sites (N-methyl/N-ethyl adjacent to an activating group) is 1. The lowest BCUT2D eigenvalue weighted by atomic mass is 9.75. The van der Waals surface area contributed by atoms with E-state index < -0.39 is 130 Å². The van der Waals surface area contributed by atoms with Crippen molar-refractivity contribution in [1.29, 1.82) is 0 Å². The number of nitrogens with zero attached hydrogens (tertiary/aromatic N) is 1. The lowest BCUT2D eigenvalue weighted by molar-refractivity contribution is -0.336. The van der Waals surface area contributed by atoms with E-state index in [1.54, 1.807) is 48.5 Å². The van der Waals surface area contributed by atoms with Gasteiger partial charge in [0.05, 0.1) is 47.5 Å². The van der Waals surface area contributed by atoms with Crippen molar-refractivity contribution in [1.82, 2.24) is 14.9 Å². The number of hydrogen-bond acceptors (Lipinski definition) is 16. The summed E-state index contributed by atoms with van der Waals surface area (Å²) in [7, 11) is -1.86. The number of esters is 1. The van der Waals surface area contributed by atoms with Crippen LogP contribution in [-0.4, -0.2) is 168 Å². The summed E-state index contributed by atoms with van der Waals surface area (Å²) >= 11 is 0. The highest BCUT2D eigenvalue weighted by atomic mass is 32.2. The number of alkyl halides is 3. The quantitative estimate of drug-likeness (QED) is 0.123. The van der Waals surface area contributed by atoms with E-state index in [-0.39, 0.29) is 56.3 Å². The third kappa shape index (κ3) is 13.9. The minimum atomic E-state index is -4.64. The Labute approximate surface area is 412 Å². The molecule has 3 saturated heterocycles. The number of carbonyl (C=O) groups is 1. The first-order valence-electron chi connectivity index (χ1n) is 24.4. The summed E-state index contributed by atoms with van der Waals surface area (Å²) in [5, 5.41) is 66.7. The highest BCUT2D eigenvalue weighted by Gasteiger charge is 2.58. The largest absolute Gasteiger partial charge is 0.459 e. The number of hydrogen-bond donors (Lipinski definition) is 8. The fourth-order valence-electron chi connectivity index (χ4n) is 10.3. The van der Waals surface area contributed by atoms with E-state index in [9.17, 15) is 51.9 Å². The highest BCUT2D eigenvalue weighted by molar-refractivity contribution is 7.90. The summed E-state index contributed by atoms with van der Waals surface area (Å²) in [5.74, 6) is -3.14. The maximum atomic E-state index is 14.5. The Balaban J connectivity index is 1.79. The minimum absolute atomic E-state index is 0.0135.